The zero-order valence-corrected chi connectivity index (χ0v) is 13.7. The summed E-state index contributed by atoms with van der Waals surface area (Å²) in [4.78, 5) is 17.0. The van der Waals surface area contributed by atoms with Crippen LogP contribution in [0.15, 0.2) is 48.5 Å². The molecule has 0 aliphatic heterocycles. The van der Waals surface area contributed by atoms with Crippen LogP contribution in [-0.2, 0) is 22.7 Å². The number of ether oxygens (including phenoxy) is 2. The molecule has 6 heteroatoms. The molecular weight excluding hydrogens is 306 g/mol. The number of benzene rings is 2. The molecule has 0 fully saturated rings. The van der Waals surface area contributed by atoms with Gasteiger partial charge in [0.1, 0.15) is 24.7 Å². The van der Waals surface area contributed by atoms with E-state index in [0.717, 1.165) is 16.9 Å². The topological polar surface area (TPSA) is 65.4 Å². The molecule has 0 bridgehead atoms. The van der Waals surface area contributed by atoms with Crippen LogP contribution < -0.4 is 10.1 Å². The molecule has 0 radical (unpaired) electrons. The van der Waals surface area contributed by atoms with E-state index in [1.807, 2.05) is 47.0 Å². The van der Waals surface area contributed by atoms with Crippen LogP contribution in [0.5, 0.6) is 5.75 Å². The van der Waals surface area contributed by atoms with Gasteiger partial charge >= 0.3 is 0 Å². The SMILES string of the molecule is COCc1nc2ccccc2n1CC(=O)Nc1cccc(OC)c1. The van der Waals surface area contributed by atoms with E-state index >= 15 is 0 Å². The molecule has 0 atom stereocenters. The smallest absolute Gasteiger partial charge is 0.244 e. The minimum atomic E-state index is -0.135. The first-order valence-electron chi connectivity index (χ1n) is 7.58. The lowest BCUT2D eigenvalue weighted by Gasteiger charge is -2.10. The molecule has 3 rings (SSSR count). The molecular formula is C18H19N3O3. The van der Waals surface area contributed by atoms with Gasteiger partial charge in [0, 0.05) is 18.9 Å². The Labute approximate surface area is 140 Å². The third-order valence-electron chi connectivity index (χ3n) is 3.66. The number of fused-ring (bicyclic) bond motifs is 1. The molecule has 0 saturated carbocycles. The number of carbonyl (C=O) groups excluding carboxylic acids is 1. The number of rotatable bonds is 6. The molecule has 1 N–H and O–H groups in total. The summed E-state index contributed by atoms with van der Waals surface area (Å²) in [5, 5.41) is 2.88. The first kappa shape index (κ1) is 16.0. The molecule has 24 heavy (non-hydrogen) atoms. The highest BCUT2D eigenvalue weighted by molar-refractivity contribution is 5.92. The van der Waals surface area contributed by atoms with Gasteiger partial charge in [-0.05, 0) is 24.3 Å². The van der Waals surface area contributed by atoms with Crippen LogP contribution in [0, 0.1) is 0 Å². The standard InChI is InChI=1S/C18H19N3O3/c1-23-12-17-20-15-8-3-4-9-16(15)21(17)11-18(22)19-13-6-5-7-14(10-13)24-2/h3-10H,11-12H2,1-2H3,(H,19,22). The maximum Gasteiger partial charge on any atom is 0.244 e. The maximum absolute atomic E-state index is 12.4. The molecule has 0 saturated heterocycles. The van der Waals surface area contributed by atoms with E-state index in [1.54, 1.807) is 20.3 Å². The number of amides is 1. The first-order valence-corrected chi connectivity index (χ1v) is 7.58. The largest absolute Gasteiger partial charge is 0.497 e. The number of anilines is 1. The molecule has 1 heterocycles. The minimum Gasteiger partial charge on any atom is -0.497 e. The van der Waals surface area contributed by atoms with E-state index in [2.05, 4.69) is 10.3 Å². The van der Waals surface area contributed by atoms with Crippen LogP contribution in [0.3, 0.4) is 0 Å². The normalized spacial score (nSPS) is 10.8. The second kappa shape index (κ2) is 7.14. The highest BCUT2D eigenvalue weighted by Crippen LogP contribution is 2.19. The monoisotopic (exact) mass is 325 g/mol. The van der Waals surface area contributed by atoms with Crippen LogP contribution in [0.2, 0.25) is 0 Å². The predicted octanol–water partition coefficient (Wildman–Crippen LogP) is 2.83. The number of nitrogens with zero attached hydrogens (tertiary/aromatic N) is 2. The van der Waals surface area contributed by atoms with Crippen LogP contribution in [0.1, 0.15) is 5.82 Å². The molecule has 0 aliphatic carbocycles. The van der Waals surface area contributed by atoms with Crippen molar-refractivity contribution in [3.63, 3.8) is 0 Å². The summed E-state index contributed by atoms with van der Waals surface area (Å²) >= 11 is 0. The number of hydrogen-bond acceptors (Lipinski definition) is 4. The van der Waals surface area contributed by atoms with Gasteiger partial charge in [0.15, 0.2) is 0 Å². The Hall–Kier alpha value is -2.86. The maximum atomic E-state index is 12.4. The number of nitrogens with one attached hydrogen (secondary N) is 1. The number of para-hydroxylation sites is 2. The van der Waals surface area contributed by atoms with Crippen molar-refractivity contribution in [1.82, 2.24) is 9.55 Å². The van der Waals surface area contributed by atoms with E-state index in [4.69, 9.17) is 9.47 Å². The highest BCUT2D eigenvalue weighted by atomic mass is 16.5. The van der Waals surface area contributed by atoms with Crippen LogP contribution in [0.25, 0.3) is 11.0 Å². The fraction of sp³-hybridized carbons (Fsp3) is 0.222. The van der Waals surface area contributed by atoms with Crippen molar-refractivity contribution in [2.24, 2.45) is 0 Å². The Morgan fingerprint density at radius 1 is 1.17 bits per heavy atom. The Balaban J connectivity index is 1.83. The zero-order valence-electron chi connectivity index (χ0n) is 13.7. The van der Waals surface area contributed by atoms with Gasteiger partial charge in [-0.2, -0.15) is 0 Å². The van der Waals surface area contributed by atoms with Gasteiger partial charge in [0.25, 0.3) is 0 Å². The summed E-state index contributed by atoms with van der Waals surface area (Å²) in [6.45, 7) is 0.511. The molecule has 0 unspecified atom stereocenters. The molecule has 1 amide bonds. The zero-order chi connectivity index (χ0) is 16.9. The van der Waals surface area contributed by atoms with E-state index < -0.39 is 0 Å². The van der Waals surface area contributed by atoms with E-state index in [-0.39, 0.29) is 12.5 Å². The number of aromatic nitrogens is 2. The van der Waals surface area contributed by atoms with E-state index in [1.165, 1.54) is 0 Å². The van der Waals surface area contributed by atoms with Gasteiger partial charge in [-0.25, -0.2) is 4.98 Å². The van der Waals surface area contributed by atoms with Crippen molar-refractivity contribution in [2.75, 3.05) is 19.5 Å². The average Bonchev–Trinajstić information content (AvgIpc) is 2.93. The van der Waals surface area contributed by atoms with E-state index in [0.29, 0.717) is 18.0 Å². The van der Waals surface area contributed by atoms with Gasteiger partial charge in [0.2, 0.25) is 5.91 Å². The van der Waals surface area contributed by atoms with Gasteiger partial charge in [-0.3, -0.25) is 4.79 Å². The Bertz CT molecular complexity index is 858. The molecule has 6 nitrogen and oxygen atoms in total. The van der Waals surface area contributed by atoms with Gasteiger partial charge in [0.05, 0.1) is 18.1 Å². The molecule has 0 aliphatic rings. The molecule has 0 spiro atoms. The summed E-state index contributed by atoms with van der Waals surface area (Å²) in [5.41, 5.74) is 2.45. The van der Waals surface area contributed by atoms with Crippen molar-refractivity contribution in [1.29, 1.82) is 0 Å². The summed E-state index contributed by atoms with van der Waals surface area (Å²) < 4.78 is 12.2. The average molecular weight is 325 g/mol. The summed E-state index contributed by atoms with van der Waals surface area (Å²) in [6.07, 6.45) is 0. The molecule has 124 valence electrons. The number of imidazole rings is 1. The minimum absolute atomic E-state index is 0.135. The molecule has 3 aromatic rings. The quantitative estimate of drug-likeness (QED) is 0.757. The third-order valence-corrected chi connectivity index (χ3v) is 3.66. The van der Waals surface area contributed by atoms with Gasteiger partial charge in [-0.15, -0.1) is 0 Å². The Kier molecular flexibility index (Phi) is 4.77. The van der Waals surface area contributed by atoms with Crippen molar-refractivity contribution < 1.29 is 14.3 Å². The van der Waals surface area contributed by atoms with Crippen molar-refractivity contribution in [3.8, 4) is 5.75 Å². The third kappa shape index (κ3) is 3.38. The number of methoxy groups -OCH3 is 2. The van der Waals surface area contributed by atoms with Crippen LogP contribution in [0.4, 0.5) is 5.69 Å². The summed E-state index contributed by atoms with van der Waals surface area (Å²) in [7, 11) is 3.20. The molecule has 1 aromatic heterocycles. The van der Waals surface area contributed by atoms with Crippen molar-refractivity contribution in [2.45, 2.75) is 13.2 Å². The fourth-order valence-electron chi connectivity index (χ4n) is 2.59. The fourth-order valence-corrected chi connectivity index (χ4v) is 2.59. The summed E-state index contributed by atoms with van der Waals surface area (Å²) in [6, 6.07) is 15.0. The lowest BCUT2D eigenvalue weighted by molar-refractivity contribution is -0.116. The van der Waals surface area contributed by atoms with Gasteiger partial charge < -0.3 is 19.4 Å². The lowest BCUT2D eigenvalue weighted by Crippen LogP contribution is -2.20. The molecule has 2 aromatic carbocycles. The van der Waals surface area contributed by atoms with Crippen LogP contribution in [-0.4, -0.2) is 29.7 Å². The predicted molar refractivity (Wildman–Crippen MR) is 92.1 cm³/mol. The van der Waals surface area contributed by atoms with Crippen LogP contribution >= 0.6 is 0 Å². The second-order valence-electron chi connectivity index (χ2n) is 5.32. The Morgan fingerprint density at radius 3 is 2.79 bits per heavy atom. The first-order chi connectivity index (χ1) is 11.7. The summed E-state index contributed by atoms with van der Waals surface area (Å²) in [5.74, 6) is 1.28. The Morgan fingerprint density at radius 2 is 2.00 bits per heavy atom. The van der Waals surface area contributed by atoms with Gasteiger partial charge in [-0.1, -0.05) is 18.2 Å². The second-order valence-corrected chi connectivity index (χ2v) is 5.32. The van der Waals surface area contributed by atoms with Crippen molar-refractivity contribution in [3.05, 3.63) is 54.4 Å². The van der Waals surface area contributed by atoms with E-state index in [9.17, 15) is 4.79 Å². The number of hydrogen-bond donors (Lipinski definition) is 1. The van der Waals surface area contributed by atoms with Crippen molar-refractivity contribution >= 4 is 22.6 Å². The lowest BCUT2D eigenvalue weighted by atomic mass is 10.3. The highest BCUT2D eigenvalue weighted by Gasteiger charge is 2.13. The number of carbonyl (C=O) groups is 1.